The molecule has 0 bridgehead atoms. The number of rotatable bonds is 1. The fourth-order valence-electron chi connectivity index (χ4n) is 1.88. The van der Waals surface area contributed by atoms with Gasteiger partial charge in [0.05, 0.1) is 12.1 Å². The Kier molecular flexibility index (Phi) is 3.80. The summed E-state index contributed by atoms with van der Waals surface area (Å²) in [6.07, 6.45) is -0.937. The van der Waals surface area contributed by atoms with Gasteiger partial charge in [-0.1, -0.05) is 0 Å². The molecular formula is C11H22N2O3. The summed E-state index contributed by atoms with van der Waals surface area (Å²) in [7, 11) is 0. The van der Waals surface area contributed by atoms with Crippen LogP contribution >= 0.6 is 0 Å². The van der Waals surface area contributed by atoms with E-state index < -0.39 is 11.7 Å². The highest BCUT2D eigenvalue weighted by molar-refractivity contribution is 5.69. The Morgan fingerprint density at radius 1 is 1.56 bits per heavy atom. The maximum atomic E-state index is 11.8. The van der Waals surface area contributed by atoms with Crippen molar-refractivity contribution < 1.29 is 14.6 Å². The van der Waals surface area contributed by atoms with E-state index in [1.54, 1.807) is 4.90 Å². The van der Waals surface area contributed by atoms with Gasteiger partial charge in [-0.05, 0) is 34.2 Å². The van der Waals surface area contributed by atoms with Crippen LogP contribution in [0.3, 0.4) is 0 Å². The standard InChI is InChI=1S/C11H22N2O3/c1-7-9(14)8(5-12)6-13(7)10(15)16-11(2,3)4/h7-9,14H,5-6,12H2,1-4H3. The van der Waals surface area contributed by atoms with E-state index >= 15 is 0 Å². The summed E-state index contributed by atoms with van der Waals surface area (Å²) in [5.41, 5.74) is 5.03. The lowest BCUT2D eigenvalue weighted by Crippen LogP contribution is -2.40. The first kappa shape index (κ1) is 13.3. The van der Waals surface area contributed by atoms with Crippen molar-refractivity contribution in [2.75, 3.05) is 13.1 Å². The van der Waals surface area contributed by atoms with Crippen LogP contribution in [0.4, 0.5) is 4.79 Å². The second kappa shape index (κ2) is 4.59. The molecule has 94 valence electrons. The van der Waals surface area contributed by atoms with Crippen molar-refractivity contribution in [2.24, 2.45) is 11.7 Å². The molecule has 0 spiro atoms. The first-order valence-corrected chi connectivity index (χ1v) is 5.64. The maximum absolute atomic E-state index is 11.8. The molecule has 0 radical (unpaired) electrons. The minimum absolute atomic E-state index is 0.0532. The second-order valence-corrected chi connectivity index (χ2v) is 5.36. The number of amides is 1. The number of nitrogens with zero attached hydrogens (tertiary/aromatic N) is 1. The maximum Gasteiger partial charge on any atom is 0.410 e. The lowest BCUT2D eigenvalue weighted by atomic mass is 10.0. The Morgan fingerprint density at radius 3 is 2.50 bits per heavy atom. The first-order valence-electron chi connectivity index (χ1n) is 5.64. The van der Waals surface area contributed by atoms with Gasteiger partial charge in [-0.3, -0.25) is 0 Å². The lowest BCUT2D eigenvalue weighted by Gasteiger charge is -2.27. The van der Waals surface area contributed by atoms with Crippen molar-refractivity contribution in [2.45, 2.75) is 45.4 Å². The van der Waals surface area contributed by atoms with Crippen LogP contribution in [0.1, 0.15) is 27.7 Å². The summed E-state index contributed by atoms with van der Waals surface area (Å²) < 4.78 is 5.27. The molecule has 16 heavy (non-hydrogen) atoms. The van der Waals surface area contributed by atoms with Crippen molar-refractivity contribution >= 4 is 6.09 Å². The molecule has 3 unspecified atom stereocenters. The molecule has 0 aromatic carbocycles. The van der Waals surface area contributed by atoms with Crippen molar-refractivity contribution in [3.05, 3.63) is 0 Å². The van der Waals surface area contributed by atoms with E-state index in [1.165, 1.54) is 0 Å². The molecular weight excluding hydrogens is 208 g/mol. The van der Waals surface area contributed by atoms with E-state index in [1.807, 2.05) is 27.7 Å². The lowest BCUT2D eigenvalue weighted by molar-refractivity contribution is 0.0177. The highest BCUT2D eigenvalue weighted by Gasteiger charge is 2.41. The first-order chi connectivity index (χ1) is 7.26. The number of aliphatic hydroxyl groups excluding tert-OH is 1. The third kappa shape index (κ3) is 2.86. The summed E-state index contributed by atoms with van der Waals surface area (Å²) in [5, 5.41) is 9.85. The van der Waals surface area contributed by atoms with Crippen LogP contribution in [0.5, 0.6) is 0 Å². The summed E-state index contributed by atoms with van der Waals surface area (Å²) in [6, 6.07) is -0.233. The van der Waals surface area contributed by atoms with E-state index in [0.717, 1.165) is 0 Å². The minimum atomic E-state index is -0.558. The number of likely N-dealkylation sites (tertiary alicyclic amines) is 1. The molecule has 0 aliphatic carbocycles. The molecule has 1 amide bonds. The number of carbonyl (C=O) groups is 1. The van der Waals surface area contributed by atoms with Gasteiger partial charge in [0.25, 0.3) is 0 Å². The van der Waals surface area contributed by atoms with E-state index in [4.69, 9.17) is 10.5 Å². The van der Waals surface area contributed by atoms with Gasteiger partial charge in [-0.15, -0.1) is 0 Å². The highest BCUT2D eigenvalue weighted by atomic mass is 16.6. The number of hydrogen-bond donors (Lipinski definition) is 2. The largest absolute Gasteiger partial charge is 0.444 e. The number of nitrogens with two attached hydrogens (primary N) is 1. The van der Waals surface area contributed by atoms with Gasteiger partial charge in [-0.2, -0.15) is 0 Å². The zero-order valence-electron chi connectivity index (χ0n) is 10.4. The molecule has 5 nitrogen and oxygen atoms in total. The molecule has 1 fully saturated rings. The zero-order valence-corrected chi connectivity index (χ0v) is 10.4. The molecule has 3 N–H and O–H groups in total. The molecule has 5 heteroatoms. The van der Waals surface area contributed by atoms with Crippen LogP contribution in [0.15, 0.2) is 0 Å². The third-order valence-corrected chi connectivity index (χ3v) is 2.83. The van der Waals surface area contributed by atoms with Crippen molar-refractivity contribution in [1.82, 2.24) is 4.90 Å². The normalized spacial score (nSPS) is 30.6. The average molecular weight is 230 g/mol. The number of carbonyl (C=O) groups excluding carboxylic acids is 1. The van der Waals surface area contributed by atoms with Crippen LogP contribution in [0, 0.1) is 5.92 Å². The Labute approximate surface area is 96.6 Å². The predicted octanol–water partition coefficient (Wildman–Crippen LogP) is 0.561. The van der Waals surface area contributed by atoms with Gasteiger partial charge in [0, 0.05) is 12.5 Å². The second-order valence-electron chi connectivity index (χ2n) is 5.36. The molecule has 1 saturated heterocycles. The van der Waals surface area contributed by atoms with Gasteiger partial charge in [0.2, 0.25) is 0 Å². The average Bonchev–Trinajstić information content (AvgIpc) is 2.41. The fraction of sp³-hybridized carbons (Fsp3) is 0.909. The van der Waals surface area contributed by atoms with Crippen molar-refractivity contribution in [1.29, 1.82) is 0 Å². The van der Waals surface area contributed by atoms with Gasteiger partial charge < -0.3 is 20.5 Å². The number of aliphatic hydroxyl groups is 1. The molecule has 1 rings (SSSR count). The van der Waals surface area contributed by atoms with Crippen LogP contribution in [-0.2, 0) is 4.74 Å². The topological polar surface area (TPSA) is 75.8 Å². The molecule has 1 aliphatic rings. The van der Waals surface area contributed by atoms with Crippen LogP contribution < -0.4 is 5.73 Å². The molecule has 0 saturated carbocycles. The van der Waals surface area contributed by atoms with E-state index in [-0.39, 0.29) is 18.1 Å². The van der Waals surface area contributed by atoms with Gasteiger partial charge in [0.1, 0.15) is 5.60 Å². The predicted molar refractivity (Wildman–Crippen MR) is 61.0 cm³/mol. The molecule has 1 heterocycles. The molecule has 0 aromatic heterocycles. The van der Waals surface area contributed by atoms with Crippen molar-refractivity contribution in [3.8, 4) is 0 Å². The third-order valence-electron chi connectivity index (χ3n) is 2.83. The van der Waals surface area contributed by atoms with Gasteiger partial charge >= 0.3 is 6.09 Å². The summed E-state index contributed by atoms with van der Waals surface area (Å²) in [5.74, 6) is -0.0532. The SMILES string of the molecule is CC1C(O)C(CN)CN1C(=O)OC(C)(C)C. The Hall–Kier alpha value is -0.810. The van der Waals surface area contributed by atoms with Crippen molar-refractivity contribution in [3.63, 3.8) is 0 Å². The summed E-state index contributed by atoms with van der Waals surface area (Å²) in [6.45, 7) is 8.12. The summed E-state index contributed by atoms with van der Waals surface area (Å²) >= 11 is 0. The monoisotopic (exact) mass is 230 g/mol. The van der Waals surface area contributed by atoms with E-state index in [0.29, 0.717) is 13.1 Å². The minimum Gasteiger partial charge on any atom is -0.444 e. The molecule has 0 aromatic rings. The molecule has 3 atom stereocenters. The molecule has 1 aliphatic heterocycles. The number of ether oxygens (including phenoxy) is 1. The summed E-state index contributed by atoms with van der Waals surface area (Å²) in [4.78, 5) is 13.4. The van der Waals surface area contributed by atoms with Crippen LogP contribution in [0.2, 0.25) is 0 Å². The van der Waals surface area contributed by atoms with Crippen LogP contribution in [-0.4, -0.2) is 46.9 Å². The Balaban J connectivity index is 2.65. The van der Waals surface area contributed by atoms with Gasteiger partial charge in [-0.25, -0.2) is 4.79 Å². The van der Waals surface area contributed by atoms with E-state index in [9.17, 15) is 9.90 Å². The van der Waals surface area contributed by atoms with E-state index in [2.05, 4.69) is 0 Å². The smallest absolute Gasteiger partial charge is 0.410 e. The zero-order chi connectivity index (χ0) is 12.5. The Morgan fingerprint density at radius 2 is 2.12 bits per heavy atom. The van der Waals surface area contributed by atoms with Crippen LogP contribution in [0.25, 0.3) is 0 Å². The highest BCUT2D eigenvalue weighted by Crippen LogP contribution is 2.24. The Bertz CT molecular complexity index is 262. The quantitative estimate of drug-likeness (QED) is 0.690. The number of hydrogen-bond acceptors (Lipinski definition) is 4. The fourth-order valence-corrected chi connectivity index (χ4v) is 1.88. The van der Waals surface area contributed by atoms with Gasteiger partial charge in [0.15, 0.2) is 0 Å².